The van der Waals surface area contributed by atoms with Gasteiger partial charge in [-0.05, 0) is 38.0 Å². The second kappa shape index (κ2) is 7.42. The predicted molar refractivity (Wildman–Crippen MR) is 83.3 cm³/mol. The number of amides is 1. The maximum atomic E-state index is 12.1. The van der Waals surface area contributed by atoms with E-state index in [0.29, 0.717) is 5.69 Å². The third kappa shape index (κ3) is 5.35. The van der Waals surface area contributed by atoms with E-state index < -0.39 is 10.0 Å². The zero-order valence-corrected chi connectivity index (χ0v) is 13.5. The van der Waals surface area contributed by atoms with Crippen LogP contribution in [-0.4, -0.2) is 26.9 Å². The lowest BCUT2D eigenvalue weighted by molar-refractivity contribution is -0.121. The number of nitrogen functional groups attached to an aromatic ring is 1. The van der Waals surface area contributed by atoms with Gasteiger partial charge in [0.1, 0.15) is 0 Å². The molecule has 0 atom stereocenters. The summed E-state index contributed by atoms with van der Waals surface area (Å²) in [6.07, 6.45) is 0.842. The molecule has 1 aromatic rings. The third-order valence-electron chi connectivity index (χ3n) is 2.90. The Morgan fingerprint density at radius 3 is 2.52 bits per heavy atom. The van der Waals surface area contributed by atoms with E-state index in [1.807, 2.05) is 20.8 Å². The summed E-state index contributed by atoms with van der Waals surface area (Å²) < 4.78 is 26.6. The van der Waals surface area contributed by atoms with E-state index in [-0.39, 0.29) is 29.8 Å². The molecule has 0 aromatic heterocycles. The van der Waals surface area contributed by atoms with E-state index in [9.17, 15) is 13.2 Å². The van der Waals surface area contributed by atoms with Gasteiger partial charge in [-0.1, -0.05) is 13.0 Å². The molecule has 118 valence electrons. The normalized spacial score (nSPS) is 11.6. The first kappa shape index (κ1) is 17.5. The number of hydrogen-bond acceptors (Lipinski definition) is 4. The minimum Gasteiger partial charge on any atom is -0.398 e. The zero-order valence-electron chi connectivity index (χ0n) is 12.6. The Kier molecular flexibility index (Phi) is 6.17. The molecule has 6 nitrogen and oxygen atoms in total. The lowest BCUT2D eigenvalue weighted by Gasteiger charge is -2.10. The van der Waals surface area contributed by atoms with Gasteiger partial charge < -0.3 is 11.1 Å². The Morgan fingerprint density at radius 2 is 2.00 bits per heavy atom. The maximum absolute atomic E-state index is 12.1. The van der Waals surface area contributed by atoms with Crippen LogP contribution in [0.25, 0.3) is 0 Å². The molecule has 0 radical (unpaired) electrons. The number of rotatable bonds is 7. The van der Waals surface area contributed by atoms with Gasteiger partial charge >= 0.3 is 0 Å². The molecule has 1 amide bonds. The summed E-state index contributed by atoms with van der Waals surface area (Å²) >= 11 is 0. The van der Waals surface area contributed by atoms with Crippen LogP contribution in [0.3, 0.4) is 0 Å². The molecule has 1 aromatic carbocycles. The summed E-state index contributed by atoms with van der Waals surface area (Å²) in [5.74, 6) is -0.187. The van der Waals surface area contributed by atoms with Crippen LogP contribution in [-0.2, 0) is 21.2 Å². The Hall–Kier alpha value is -1.60. The van der Waals surface area contributed by atoms with Crippen molar-refractivity contribution in [2.24, 2.45) is 0 Å². The largest absolute Gasteiger partial charge is 0.398 e. The summed E-state index contributed by atoms with van der Waals surface area (Å²) in [7, 11) is -3.64. The molecule has 0 fully saturated rings. The van der Waals surface area contributed by atoms with Crippen molar-refractivity contribution in [2.75, 3.05) is 12.3 Å². The number of nitrogens with two attached hydrogens (primary N) is 1. The number of benzene rings is 1. The van der Waals surface area contributed by atoms with Gasteiger partial charge in [0, 0.05) is 24.7 Å². The first-order valence-electron chi connectivity index (χ1n) is 6.93. The van der Waals surface area contributed by atoms with Crippen LogP contribution in [0, 0.1) is 0 Å². The average molecular weight is 313 g/mol. The Balaban J connectivity index is 2.66. The smallest absolute Gasteiger partial charge is 0.240 e. The Morgan fingerprint density at radius 1 is 1.33 bits per heavy atom. The number of carbonyl (C=O) groups is 1. The monoisotopic (exact) mass is 313 g/mol. The highest BCUT2D eigenvalue weighted by Crippen LogP contribution is 2.18. The number of aryl methyl sites for hydroxylation is 1. The van der Waals surface area contributed by atoms with E-state index in [1.54, 1.807) is 6.07 Å². The molecule has 0 aliphatic carbocycles. The molecule has 0 aliphatic rings. The second-order valence-corrected chi connectivity index (χ2v) is 6.85. The molecular formula is C14H23N3O3S. The molecule has 0 saturated carbocycles. The summed E-state index contributed by atoms with van der Waals surface area (Å²) in [6.45, 7) is 5.70. The first-order chi connectivity index (χ1) is 9.76. The second-order valence-electron chi connectivity index (χ2n) is 5.08. The highest BCUT2D eigenvalue weighted by atomic mass is 32.2. The van der Waals surface area contributed by atoms with E-state index in [0.717, 1.165) is 12.0 Å². The molecule has 0 heterocycles. The van der Waals surface area contributed by atoms with Gasteiger partial charge in [0.05, 0.1) is 4.90 Å². The highest BCUT2D eigenvalue weighted by molar-refractivity contribution is 7.89. The highest BCUT2D eigenvalue weighted by Gasteiger charge is 2.15. The molecule has 4 N–H and O–H groups in total. The number of carbonyl (C=O) groups excluding carboxylic acids is 1. The minimum absolute atomic E-state index is 0.0375. The number of nitrogens with one attached hydrogen (secondary N) is 2. The SMILES string of the molecule is CCc1ccc(S(=O)(=O)NCCC(=O)NC(C)C)cc1N. The van der Waals surface area contributed by atoms with Crippen molar-refractivity contribution in [3.05, 3.63) is 23.8 Å². The Labute approximate surface area is 126 Å². The van der Waals surface area contributed by atoms with Crippen LogP contribution in [0.1, 0.15) is 32.8 Å². The fraction of sp³-hybridized carbons (Fsp3) is 0.500. The standard InChI is InChI=1S/C14H23N3O3S/c1-4-11-5-6-12(9-13(11)15)21(19,20)16-8-7-14(18)17-10(2)3/h5-6,9-10,16H,4,7-8,15H2,1-3H3,(H,17,18). The van der Waals surface area contributed by atoms with Crippen molar-refractivity contribution >= 4 is 21.6 Å². The predicted octanol–water partition coefficient (Wildman–Crippen LogP) is 1.02. The van der Waals surface area contributed by atoms with E-state index in [2.05, 4.69) is 10.0 Å². The van der Waals surface area contributed by atoms with Crippen LogP contribution < -0.4 is 15.8 Å². The van der Waals surface area contributed by atoms with Crippen LogP contribution in [0.5, 0.6) is 0 Å². The van der Waals surface area contributed by atoms with Gasteiger partial charge in [-0.25, -0.2) is 13.1 Å². The zero-order chi connectivity index (χ0) is 16.0. The quantitative estimate of drug-likeness (QED) is 0.654. The summed E-state index contributed by atoms with van der Waals surface area (Å²) in [6, 6.07) is 4.70. The maximum Gasteiger partial charge on any atom is 0.240 e. The van der Waals surface area contributed by atoms with E-state index in [4.69, 9.17) is 5.73 Å². The molecule has 0 bridgehead atoms. The van der Waals surface area contributed by atoms with E-state index in [1.165, 1.54) is 12.1 Å². The van der Waals surface area contributed by atoms with E-state index >= 15 is 0 Å². The molecule has 0 saturated heterocycles. The van der Waals surface area contributed by atoms with Crippen LogP contribution >= 0.6 is 0 Å². The van der Waals surface area contributed by atoms with Gasteiger partial charge in [0.25, 0.3) is 0 Å². The third-order valence-corrected chi connectivity index (χ3v) is 4.36. The van der Waals surface area contributed by atoms with Crippen molar-refractivity contribution in [3.63, 3.8) is 0 Å². The molecule has 1 rings (SSSR count). The molecular weight excluding hydrogens is 290 g/mol. The van der Waals surface area contributed by atoms with Gasteiger partial charge in [-0.2, -0.15) is 0 Å². The lowest BCUT2D eigenvalue weighted by atomic mass is 10.1. The number of anilines is 1. The molecule has 7 heteroatoms. The summed E-state index contributed by atoms with van der Waals surface area (Å²) in [5, 5.41) is 2.70. The summed E-state index contributed by atoms with van der Waals surface area (Å²) in [4.78, 5) is 11.6. The Bertz CT molecular complexity index is 597. The molecule has 0 spiro atoms. The van der Waals surface area contributed by atoms with Crippen molar-refractivity contribution in [2.45, 2.75) is 44.6 Å². The van der Waals surface area contributed by atoms with Crippen molar-refractivity contribution in [1.82, 2.24) is 10.0 Å². The van der Waals surface area contributed by atoms with Gasteiger partial charge in [0.15, 0.2) is 0 Å². The molecule has 0 unspecified atom stereocenters. The first-order valence-corrected chi connectivity index (χ1v) is 8.42. The fourth-order valence-corrected chi connectivity index (χ4v) is 2.91. The lowest BCUT2D eigenvalue weighted by Crippen LogP contribution is -2.34. The van der Waals surface area contributed by atoms with Crippen molar-refractivity contribution in [3.8, 4) is 0 Å². The summed E-state index contributed by atoms with van der Waals surface area (Å²) in [5.41, 5.74) is 7.17. The fourth-order valence-electron chi connectivity index (χ4n) is 1.84. The average Bonchev–Trinajstić information content (AvgIpc) is 2.37. The van der Waals surface area contributed by atoms with Gasteiger partial charge in [-0.15, -0.1) is 0 Å². The molecule has 0 aliphatic heterocycles. The van der Waals surface area contributed by atoms with Crippen LogP contribution in [0.4, 0.5) is 5.69 Å². The van der Waals surface area contributed by atoms with Crippen molar-refractivity contribution in [1.29, 1.82) is 0 Å². The minimum atomic E-state index is -3.64. The topological polar surface area (TPSA) is 101 Å². The number of hydrogen-bond donors (Lipinski definition) is 3. The molecule has 21 heavy (non-hydrogen) atoms. The van der Waals surface area contributed by atoms with Crippen LogP contribution in [0.2, 0.25) is 0 Å². The van der Waals surface area contributed by atoms with Crippen LogP contribution in [0.15, 0.2) is 23.1 Å². The van der Waals surface area contributed by atoms with Crippen molar-refractivity contribution < 1.29 is 13.2 Å². The van der Waals surface area contributed by atoms with Gasteiger partial charge in [0.2, 0.25) is 15.9 Å². The number of sulfonamides is 1. The van der Waals surface area contributed by atoms with Gasteiger partial charge in [-0.3, -0.25) is 4.79 Å².